The summed E-state index contributed by atoms with van der Waals surface area (Å²) in [6, 6.07) is 20.0. The summed E-state index contributed by atoms with van der Waals surface area (Å²) >= 11 is 0. The summed E-state index contributed by atoms with van der Waals surface area (Å²) < 4.78 is 1.54. The molecule has 0 bridgehead atoms. The number of aromatic nitrogens is 1. The van der Waals surface area contributed by atoms with Gasteiger partial charge in [-0.1, -0.05) is 18.2 Å². The highest BCUT2D eigenvalue weighted by molar-refractivity contribution is 5.77. The molecule has 0 amide bonds. The van der Waals surface area contributed by atoms with Crippen molar-refractivity contribution in [2.45, 2.75) is 0 Å². The fourth-order valence-electron chi connectivity index (χ4n) is 2.64. The van der Waals surface area contributed by atoms with Gasteiger partial charge >= 0.3 is 0 Å². The molecule has 118 valence electrons. The van der Waals surface area contributed by atoms with E-state index in [0.29, 0.717) is 17.1 Å². The van der Waals surface area contributed by atoms with E-state index >= 15 is 0 Å². The number of pyridine rings is 1. The average molecular weight is 316 g/mol. The number of para-hydroxylation sites is 1. The monoisotopic (exact) mass is 316 g/mol. The van der Waals surface area contributed by atoms with E-state index in [1.54, 1.807) is 36.4 Å². The van der Waals surface area contributed by atoms with E-state index in [4.69, 9.17) is 5.73 Å². The van der Waals surface area contributed by atoms with E-state index in [1.165, 1.54) is 4.57 Å². The first-order valence-electron chi connectivity index (χ1n) is 7.45. The van der Waals surface area contributed by atoms with Crippen LogP contribution in [0.4, 0.5) is 11.4 Å². The van der Waals surface area contributed by atoms with Crippen LogP contribution in [-0.4, -0.2) is 11.6 Å². The number of benzene rings is 2. The minimum atomic E-state index is -0.356. The maximum atomic E-state index is 12.8. The number of nitriles is 1. The first kappa shape index (κ1) is 15.4. The molecule has 0 spiro atoms. The lowest BCUT2D eigenvalue weighted by Crippen LogP contribution is -2.22. The molecule has 2 aromatic carbocycles. The predicted molar refractivity (Wildman–Crippen MR) is 96.1 cm³/mol. The molecule has 0 atom stereocenters. The zero-order chi connectivity index (χ0) is 17.1. The highest BCUT2D eigenvalue weighted by Gasteiger charge is 2.14. The van der Waals surface area contributed by atoms with Crippen LogP contribution in [0.5, 0.6) is 0 Å². The summed E-state index contributed by atoms with van der Waals surface area (Å²) in [5, 5.41) is 12.3. The number of anilines is 2. The standard InChI is InChI=1S/C19H16N4O/c1-22-17-5-3-2-4-16(17)18-11-6-13(12-20)19(24)23(18)15-9-7-14(21)8-10-15/h2-11,22H,21H2,1H3. The lowest BCUT2D eigenvalue weighted by molar-refractivity contribution is 0.992. The van der Waals surface area contributed by atoms with Crippen LogP contribution in [0.25, 0.3) is 16.9 Å². The van der Waals surface area contributed by atoms with Gasteiger partial charge in [-0.25, -0.2) is 0 Å². The summed E-state index contributed by atoms with van der Waals surface area (Å²) in [6.45, 7) is 0. The van der Waals surface area contributed by atoms with Crippen LogP contribution in [0.1, 0.15) is 5.56 Å². The molecule has 0 aliphatic rings. The van der Waals surface area contributed by atoms with E-state index in [2.05, 4.69) is 5.32 Å². The van der Waals surface area contributed by atoms with Gasteiger partial charge in [0.05, 0.1) is 5.69 Å². The van der Waals surface area contributed by atoms with Crippen LogP contribution in [-0.2, 0) is 0 Å². The number of nitrogens with two attached hydrogens (primary N) is 1. The van der Waals surface area contributed by atoms with Gasteiger partial charge in [0.15, 0.2) is 0 Å². The number of hydrogen-bond donors (Lipinski definition) is 2. The number of nitrogens with zero attached hydrogens (tertiary/aromatic N) is 2. The number of nitrogens with one attached hydrogen (secondary N) is 1. The van der Waals surface area contributed by atoms with Gasteiger partial charge < -0.3 is 11.1 Å². The van der Waals surface area contributed by atoms with E-state index in [0.717, 1.165) is 11.3 Å². The van der Waals surface area contributed by atoms with Crippen molar-refractivity contribution in [3.05, 3.63) is 76.6 Å². The Kier molecular flexibility index (Phi) is 4.04. The first-order chi connectivity index (χ1) is 11.7. The van der Waals surface area contributed by atoms with E-state index in [1.807, 2.05) is 37.4 Å². The molecule has 0 unspecified atom stereocenters. The largest absolute Gasteiger partial charge is 0.399 e. The number of hydrogen-bond acceptors (Lipinski definition) is 4. The molecule has 0 aliphatic carbocycles. The molecule has 0 radical (unpaired) electrons. The van der Waals surface area contributed by atoms with E-state index < -0.39 is 0 Å². The summed E-state index contributed by atoms with van der Waals surface area (Å²) in [4.78, 5) is 12.8. The Hall–Kier alpha value is -3.52. The van der Waals surface area contributed by atoms with Crippen molar-refractivity contribution in [1.82, 2.24) is 4.57 Å². The Morgan fingerprint density at radius 3 is 2.42 bits per heavy atom. The Morgan fingerprint density at radius 2 is 1.75 bits per heavy atom. The van der Waals surface area contributed by atoms with Gasteiger partial charge in [-0.15, -0.1) is 0 Å². The molecule has 1 aromatic heterocycles. The van der Waals surface area contributed by atoms with Crippen LogP contribution in [0.15, 0.2) is 65.5 Å². The summed E-state index contributed by atoms with van der Waals surface area (Å²) in [7, 11) is 1.83. The molecule has 1 heterocycles. The lowest BCUT2D eigenvalue weighted by atomic mass is 10.1. The van der Waals surface area contributed by atoms with Crippen LogP contribution in [0.2, 0.25) is 0 Å². The smallest absolute Gasteiger partial charge is 0.273 e. The fraction of sp³-hybridized carbons (Fsp3) is 0.0526. The molecule has 0 fully saturated rings. The van der Waals surface area contributed by atoms with Crippen molar-refractivity contribution in [3.63, 3.8) is 0 Å². The maximum Gasteiger partial charge on any atom is 0.273 e. The molecule has 3 N–H and O–H groups in total. The van der Waals surface area contributed by atoms with Crippen molar-refractivity contribution in [2.75, 3.05) is 18.1 Å². The van der Waals surface area contributed by atoms with Gasteiger partial charge in [0.25, 0.3) is 5.56 Å². The quantitative estimate of drug-likeness (QED) is 0.728. The molecule has 0 aliphatic heterocycles. The number of nitrogen functional groups attached to an aromatic ring is 1. The predicted octanol–water partition coefficient (Wildman–Crippen LogP) is 3.00. The van der Waals surface area contributed by atoms with Gasteiger partial charge in [-0.05, 0) is 42.5 Å². The molecular formula is C19H16N4O. The third kappa shape index (κ3) is 2.61. The zero-order valence-electron chi connectivity index (χ0n) is 13.2. The highest BCUT2D eigenvalue weighted by Crippen LogP contribution is 2.28. The van der Waals surface area contributed by atoms with Crippen molar-refractivity contribution >= 4 is 11.4 Å². The van der Waals surface area contributed by atoms with Crippen LogP contribution in [0.3, 0.4) is 0 Å². The van der Waals surface area contributed by atoms with Gasteiger partial charge in [0.2, 0.25) is 0 Å². The van der Waals surface area contributed by atoms with Crippen molar-refractivity contribution < 1.29 is 0 Å². The molecule has 5 heteroatoms. The van der Waals surface area contributed by atoms with Crippen molar-refractivity contribution in [2.24, 2.45) is 0 Å². The third-order valence-corrected chi connectivity index (χ3v) is 3.83. The molecule has 24 heavy (non-hydrogen) atoms. The van der Waals surface area contributed by atoms with Gasteiger partial charge in [-0.2, -0.15) is 5.26 Å². The Labute approximate surface area is 139 Å². The minimum absolute atomic E-state index is 0.0949. The fourth-order valence-corrected chi connectivity index (χ4v) is 2.64. The second kappa shape index (κ2) is 6.31. The van der Waals surface area contributed by atoms with Gasteiger partial charge in [0, 0.05) is 29.7 Å². The molecule has 0 saturated carbocycles. The highest BCUT2D eigenvalue weighted by atomic mass is 16.1. The zero-order valence-corrected chi connectivity index (χ0v) is 13.2. The Balaban J connectivity index is 2.35. The molecule has 5 nitrogen and oxygen atoms in total. The first-order valence-corrected chi connectivity index (χ1v) is 7.45. The van der Waals surface area contributed by atoms with Crippen LogP contribution >= 0.6 is 0 Å². The van der Waals surface area contributed by atoms with Crippen molar-refractivity contribution in [3.8, 4) is 23.0 Å². The van der Waals surface area contributed by atoms with E-state index in [9.17, 15) is 10.1 Å². The average Bonchev–Trinajstić information content (AvgIpc) is 2.62. The summed E-state index contributed by atoms with van der Waals surface area (Å²) in [5.41, 5.74) is 9.22. The van der Waals surface area contributed by atoms with Crippen molar-refractivity contribution in [1.29, 1.82) is 5.26 Å². The van der Waals surface area contributed by atoms with Crippen LogP contribution in [0, 0.1) is 11.3 Å². The third-order valence-electron chi connectivity index (χ3n) is 3.83. The van der Waals surface area contributed by atoms with Crippen LogP contribution < -0.4 is 16.6 Å². The topological polar surface area (TPSA) is 83.8 Å². The molecular weight excluding hydrogens is 300 g/mol. The Bertz CT molecular complexity index is 981. The maximum absolute atomic E-state index is 12.8. The summed E-state index contributed by atoms with van der Waals surface area (Å²) in [6.07, 6.45) is 0. The lowest BCUT2D eigenvalue weighted by Gasteiger charge is -2.16. The van der Waals surface area contributed by atoms with E-state index in [-0.39, 0.29) is 11.1 Å². The normalized spacial score (nSPS) is 10.2. The molecule has 3 aromatic rings. The SMILES string of the molecule is CNc1ccccc1-c1ccc(C#N)c(=O)n1-c1ccc(N)cc1. The second-order valence-electron chi connectivity index (χ2n) is 5.27. The molecule has 0 saturated heterocycles. The number of rotatable bonds is 3. The minimum Gasteiger partial charge on any atom is -0.399 e. The Morgan fingerprint density at radius 1 is 1.04 bits per heavy atom. The summed E-state index contributed by atoms with van der Waals surface area (Å²) in [5.74, 6) is 0. The second-order valence-corrected chi connectivity index (χ2v) is 5.27. The van der Waals surface area contributed by atoms with Gasteiger partial charge in [0.1, 0.15) is 11.6 Å². The van der Waals surface area contributed by atoms with Gasteiger partial charge in [-0.3, -0.25) is 9.36 Å². The molecule has 3 rings (SSSR count).